The molecule has 0 saturated heterocycles. The van der Waals surface area contributed by atoms with Crippen LogP contribution in [-0.4, -0.2) is 30.7 Å². The summed E-state index contributed by atoms with van der Waals surface area (Å²) in [5.41, 5.74) is 1.78. The van der Waals surface area contributed by atoms with Gasteiger partial charge in [0.2, 0.25) is 0 Å². The van der Waals surface area contributed by atoms with Crippen molar-refractivity contribution < 1.29 is 19.1 Å². The zero-order valence-electron chi connectivity index (χ0n) is 15.6. The van der Waals surface area contributed by atoms with Gasteiger partial charge in [-0.1, -0.05) is 41.7 Å². The first-order valence-electron chi connectivity index (χ1n) is 8.66. The number of aryl methyl sites for hydroxylation is 1. The normalized spacial score (nSPS) is 11.9. The molecular weight excluding hydrogens is 376 g/mol. The van der Waals surface area contributed by atoms with Gasteiger partial charge in [0, 0.05) is 18.7 Å². The monoisotopic (exact) mass is 396 g/mol. The number of ether oxygens (including phenoxy) is 2. The molecule has 3 aromatic rings. The largest absolute Gasteiger partial charge is 0.497 e. The van der Waals surface area contributed by atoms with Crippen molar-refractivity contribution in [3.05, 3.63) is 65.0 Å². The van der Waals surface area contributed by atoms with E-state index in [0.29, 0.717) is 17.1 Å². The Labute approximate surface area is 166 Å². The number of fused-ring (bicyclic) bond motifs is 1. The van der Waals surface area contributed by atoms with E-state index in [1.807, 2.05) is 53.1 Å². The maximum atomic E-state index is 12.4. The Hall–Kier alpha value is -3.19. The fourth-order valence-corrected chi connectivity index (χ4v) is 3.69. The lowest BCUT2D eigenvalue weighted by Crippen LogP contribution is -2.18. The van der Waals surface area contributed by atoms with Crippen LogP contribution < -0.4 is 9.54 Å². The first kappa shape index (κ1) is 19.6. The Morgan fingerprint density at radius 1 is 1.14 bits per heavy atom. The van der Waals surface area contributed by atoms with E-state index in [4.69, 9.17) is 9.47 Å². The van der Waals surface area contributed by atoms with Crippen LogP contribution in [0, 0.1) is 0 Å². The summed E-state index contributed by atoms with van der Waals surface area (Å²) >= 11 is 1.39. The number of carbonyl (C=O) groups is 2. The minimum atomic E-state index is -0.366. The summed E-state index contributed by atoms with van der Waals surface area (Å²) in [6.07, 6.45) is 3.34. The van der Waals surface area contributed by atoms with Crippen molar-refractivity contribution in [1.82, 2.24) is 4.57 Å². The Balaban J connectivity index is 1.98. The van der Waals surface area contributed by atoms with Crippen LogP contribution in [0.1, 0.15) is 12.0 Å². The van der Waals surface area contributed by atoms with E-state index in [2.05, 4.69) is 4.99 Å². The lowest BCUT2D eigenvalue weighted by atomic mass is 10.2. The molecule has 28 heavy (non-hydrogen) atoms. The van der Waals surface area contributed by atoms with Crippen molar-refractivity contribution in [2.45, 2.75) is 13.0 Å². The fraction of sp³-hybridized carbons (Fsp3) is 0.190. The van der Waals surface area contributed by atoms with Gasteiger partial charge in [-0.25, -0.2) is 0 Å². The molecule has 7 heteroatoms. The van der Waals surface area contributed by atoms with Crippen molar-refractivity contribution in [1.29, 1.82) is 0 Å². The van der Waals surface area contributed by atoms with Crippen molar-refractivity contribution in [2.24, 2.45) is 4.99 Å². The maximum Gasteiger partial charge on any atom is 0.307 e. The maximum absolute atomic E-state index is 12.4. The highest BCUT2D eigenvalue weighted by molar-refractivity contribution is 7.16. The molecule has 0 aliphatic rings. The lowest BCUT2D eigenvalue weighted by molar-refractivity contribution is -0.140. The van der Waals surface area contributed by atoms with E-state index < -0.39 is 0 Å². The van der Waals surface area contributed by atoms with Crippen molar-refractivity contribution >= 4 is 39.5 Å². The third-order valence-corrected chi connectivity index (χ3v) is 5.14. The van der Waals surface area contributed by atoms with Crippen LogP contribution in [0.5, 0.6) is 5.75 Å². The second-order valence-corrected chi connectivity index (χ2v) is 6.90. The van der Waals surface area contributed by atoms with Gasteiger partial charge in [-0.2, -0.15) is 4.99 Å². The molecule has 0 spiro atoms. The summed E-state index contributed by atoms with van der Waals surface area (Å²) in [5, 5.41) is 0. The van der Waals surface area contributed by atoms with Crippen LogP contribution in [0.3, 0.4) is 0 Å². The molecule has 1 aromatic heterocycles. The standard InChI is InChI=1S/C21H20N2O4S/c1-26-16-9-10-18-17(14-16)23(13-12-20(25)27-2)21(28-18)22-19(24)11-8-15-6-4-3-5-7-15/h3-11,14H,12-13H2,1-2H3/b11-8+,22-21?. The third kappa shape index (κ3) is 4.75. The molecule has 1 amide bonds. The summed E-state index contributed by atoms with van der Waals surface area (Å²) in [5.74, 6) is 0.00385. The first-order valence-corrected chi connectivity index (χ1v) is 9.48. The molecule has 0 unspecified atom stereocenters. The molecule has 3 rings (SSSR count). The van der Waals surface area contributed by atoms with Crippen LogP contribution >= 0.6 is 11.3 Å². The van der Waals surface area contributed by atoms with Gasteiger partial charge in [-0.3, -0.25) is 9.59 Å². The molecule has 6 nitrogen and oxygen atoms in total. The van der Waals surface area contributed by atoms with Gasteiger partial charge in [-0.05, 0) is 23.8 Å². The zero-order chi connectivity index (χ0) is 19.9. The first-order chi connectivity index (χ1) is 13.6. The molecule has 0 aliphatic carbocycles. The smallest absolute Gasteiger partial charge is 0.307 e. The third-order valence-electron chi connectivity index (χ3n) is 4.08. The number of methoxy groups -OCH3 is 2. The average Bonchev–Trinajstić information content (AvgIpc) is 3.07. The Morgan fingerprint density at radius 3 is 2.64 bits per heavy atom. The van der Waals surface area contributed by atoms with Crippen LogP contribution in [0.2, 0.25) is 0 Å². The van der Waals surface area contributed by atoms with Gasteiger partial charge in [-0.15, -0.1) is 0 Å². The second-order valence-electron chi connectivity index (χ2n) is 5.89. The van der Waals surface area contributed by atoms with E-state index >= 15 is 0 Å². The summed E-state index contributed by atoms with van der Waals surface area (Å²) in [7, 11) is 2.94. The number of aromatic nitrogens is 1. The quantitative estimate of drug-likeness (QED) is 0.473. The molecule has 0 atom stereocenters. The Kier molecular flexibility index (Phi) is 6.39. The van der Waals surface area contributed by atoms with Gasteiger partial charge >= 0.3 is 5.97 Å². The topological polar surface area (TPSA) is 69.9 Å². The second kappa shape index (κ2) is 9.14. The minimum absolute atomic E-state index is 0.181. The molecule has 144 valence electrons. The summed E-state index contributed by atoms with van der Waals surface area (Å²) < 4.78 is 12.8. The molecular formula is C21H20N2O4S. The van der Waals surface area contributed by atoms with Gasteiger partial charge in [0.05, 0.1) is 30.9 Å². The number of hydrogen-bond acceptors (Lipinski definition) is 5. The molecule has 0 bridgehead atoms. The number of esters is 1. The number of hydrogen-bond donors (Lipinski definition) is 0. The number of rotatable bonds is 6. The summed E-state index contributed by atoms with van der Waals surface area (Å²) in [4.78, 5) is 28.7. The van der Waals surface area contributed by atoms with Crippen molar-refractivity contribution in [2.75, 3.05) is 14.2 Å². The van der Waals surface area contributed by atoms with Crippen molar-refractivity contribution in [3.8, 4) is 5.75 Å². The van der Waals surface area contributed by atoms with E-state index in [9.17, 15) is 9.59 Å². The molecule has 0 saturated carbocycles. The molecule has 0 aliphatic heterocycles. The fourth-order valence-electron chi connectivity index (χ4n) is 2.65. The van der Waals surface area contributed by atoms with E-state index in [1.54, 1.807) is 13.2 Å². The Morgan fingerprint density at radius 2 is 1.93 bits per heavy atom. The number of amides is 1. The van der Waals surface area contributed by atoms with Gasteiger partial charge in [0.1, 0.15) is 5.75 Å². The summed E-state index contributed by atoms with van der Waals surface area (Å²) in [6.45, 7) is 0.356. The highest BCUT2D eigenvalue weighted by Crippen LogP contribution is 2.23. The van der Waals surface area contributed by atoms with Crippen LogP contribution in [0.25, 0.3) is 16.3 Å². The minimum Gasteiger partial charge on any atom is -0.497 e. The highest BCUT2D eigenvalue weighted by atomic mass is 32.1. The van der Waals surface area contributed by atoms with Gasteiger partial charge in [0.25, 0.3) is 5.91 Å². The van der Waals surface area contributed by atoms with Gasteiger partial charge in [0.15, 0.2) is 4.80 Å². The molecule has 0 radical (unpaired) electrons. The number of carbonyl (C=O) groups excluding carboxylic acids is 2. The van der Waals surface area contributed by atoms with Crippen LogP contribution in [0.4, 0.5) is 0 Å². The molecule has 0 fully saturated rings. The van der Waals surface area contributed by atoms with Crippen LogP contribution in [-0.2, 0) is 20.9 Å². The average molecular weight is 396 g/mol. The van der Waals surface area contributed by atoms with Gasteiger partial charge < -0.3 is 14.0 Å². The van der Waals surface area contributed by atoms with E-state index in [1.165, 1.54) is 24.5 Å². The lowest BCUT2D eigenvalue weighted by Gasteiger charge is -2.05. The highest BCUT2D eigenvalue weighted by Gasteiger charge is 2.10. The summed E-state index contributed by atoms with van der Waals surface area (Å²) in [6, 6.07) is 15.2. The van der Waals surface area contributed by atoms with E-state index in [0.717, 1.165) is 15.8 Å². The number of benzene rings is 2. The van der Waals surface area contributed by atoms with Crippen LogP contribution in [0.15, 0.2) is 59.6 Å². The molecule has 1 heterocycles. The number of nitrogens with zero attached hydrogens (tertiary/aromatic N) is 2. The van der Waals surface area contributed by atoms with Crippen molar-refractivity contribution in [3.63, 3.8) is 0 Å². The molecule has 2 aromatic carbocycles. The van der Waals surface area contributed by atoms with E-state index in [-0.39, 0.29) is 18.3 Å². The SMILES string of the molecule is COC(=O)CCn1c(=NC(=O)/C=C/c2ccccc2)sc2ccc(OC)cc21. The predicted molar refractivity (Wildman–Crippen MR) is 109 cm³/mol. The zero-order valence-corrected chi connectivity index (χ0v) is 16.4. The predicted octanol–water partition coefficient (Wildman–Crippen LogP) is 3.42. The molecule has 0 N–H and O–H groups in total. The Bertz CT molecular complexity index is 1080. The number of thiazole rings is 1.